The Hall–Kier alpha value is -0.990. The highest BCUT2D eigenvalue weighted by molar-refractivity contribution is 5.30. The lowest BCUT2D eigenvalue weighted by Gasteiger charge is -2.28. The van der Waals surface area contributed by atoms with E-state index in [4.69, 9.17) is 0 Å². The van der Waals surface area contributed by atoms with Crippen LogP contribution in [-0.2, 0) is 6.54 Å². The van der Waals surface area contributed by atoms with Crippen molar-refractivity contribution in [1.29, 1.82) is 0 Å². The van der Waals surface area contributed by atoms with Crippen molar-refractivity contribution < 1.29 is 0 Å². The Kier molecular flexibility index (Phi) is 4.67. The number of aryl methyl sites for hydroxylation is 2. The molecule has 3 heteroatoms. The topological polar surface area (TPSA) is 29.9 Å². The van der Waals surface area contributed by atoms with Gasteiger partial charge in [0.2, 0.25) is 5.95 Å². The van der Waals surface area contributed by atoms with Gasteiger partial charge in [-0.05, 0) is 44.9 Å². The van der Waals surface area contributed by atoms with Crippen LogP contribution in [0.5, 0.6) is 0 Å². The van der Waals surface area contributed by atoms with Crippen molar-refractivity contribution in [2.75, 3.05) is 5.32 Å². The Bertz CT molecular complexity index is 362. The van der Waals surface area contributed by atoms with E-state index in [1.807, 2.05) is 0 Å². The molecular weight excluding hydrogens is 222 g/mol. The fourth-order valence-corrected chi connectivity index (χ4v) is 2.97. The quantitative estimate of drug-likeness (QED) is 0.855. The van der Waals surface area contributed by atoms with Crippen molar-refractivity contribution in [3.05, 3.63) is 11.9 Å². The summed E-state index contributed by atoms with van der Waals surface area (Å²) < 4.78 is 2.27. The van der Waals surface area contributed by atoms with Gasteiger partial charge in [0.1, 0.15) is 0 Å². The van der Waals surface area contributed by atoms with Crippen LogP contribution >= 0.6 is 0 Å². The molecule has 1 fully saturated rings. The molecule has 0 bridgehead atoms. The zero-order valence-corrected chi connectivity index (χ0v) is 12.1. The van der Waals surface area contributed by atoms with Crippen LogP contribution in [0.1, 0.15) is 58.1 Å². The Balaban J connectivity index is 1.93. The van der Waals surface area contributed by atoms with Gasteiger partial charge in [-0.15, -0.1) is 0 Å². The normalized spacial score (nSPS) is 24.2. The Labute approximate surface area is 111 Å². The fourth-order valence-electron chi connectivity index (χ4n) is 2.97. The molecule has 0 atom stereocenters. The summed E-state index contributed by atoms with van der Waals surface area (Å²) in [6.07, 6.45) is 10.0. The number of imidazole rings is 1. The minimum Gasteiger partial charge on any atom is -0.353 e. The molecule has 1 saturated carbocycles. The van der Waals surface area contributed by atoms with Gasteiger partial charge >= 0.3 is 0 Å². The van der Waals surface area contributed by atoms with Gasteiger partial charge in [-0.2, -0.15) is 0 Å². The zero-order chi connectivity index (χ0) is 13.0. The molecule has 0 unspecified atom stereocenters. The van der Waals surface area contributed by atoms with E-state index in [9.17, 15) is 0 Å². The average molecular weight is 249 g/mol. The van der Waals surface area contributed by atoms with Gasteiger partial charge in [-0.25, -0.2) is 4.98 Å². The van der Waals surface area contributed by atoms with Gasteiger partial charge in [0.15, 0.2) is 0 Å². The highest BCUT2D eigenvalue weighted by Gasteiger charge is 2.21. The molecule has 2 rings (SSSR count). The lowest BCUT2D eigenvalue weighted by Crippen LogP contribution is -2.27. The second-order valence-corrected chi connectivity index (χ2v) is 5.67. The van der Waals surface area contributed by atoms with E-state index in [0.29, 0.717) is 6.04 Å². The third kappa shape index (κ3) is 3.27. The van der Waals surface area contributed by atoms with E-state index in [0.717, 1.165) is 30.5 Å². The van der Waals surface area contributed by atoms with Crippen molar-refractivity contribution in [2.24, 2.45) is 5.92 Å². The van der Waals surface area contributed by atoms with Gasteiger partial charge < -0.3 is 9.88 Å². The van der Waals surface area contributed by atoms with Crippen LogP contribution in [0.4, 0.5) is 5.95 Å². The zero-order valence-electron chi connectivity index (χ0n) is 12.1. The van der Waals surface area contributed by atoms with Gasteiger partial charge in [-0.1, -0.05) is 20.3 Å². The maximum absolute atomic E-state index is 4.61. The van der Waals surface area contributed by atoms with Gasteiger partial charge in [0.25, 0.3) is 0 Å². The van der Waals surface area contributed by atoms with E-state index in [1.54, 1.807) is 0 Å². The molecule has 1 N–H and O–H groups in total. The first-order valence-corrected chi connectivity index (χ1v) is 7.53. The van der Waals surface area contributed by atoms with Crippen LogP contribution in [0.2, 0.25) is 0 Å². The molecule has 0 saturated heterocycles. The van der Waals surface area contributed by atoms with Crippen LogP contribution in [0.15, 0.2) is 6.20 Å². The Morgan fingerprint density at radius 3 is 2.61 bits per heavy atom. The third-order valence-corrected chi connectivity index (χ3v) is 4.12. The lowest BCUT2D eigenvalue weighted by atomic mass is 9.85. The molecule has 0 aliphatic heterocycles. The molecular formula is C15H27N3. The molecule has 1 aromatic rings. The lowest BCUT2D eigenvalue weighted by molar-refractivity contribution is 0.329. The number of rotatable bonds is 5. The summed E-state index contributed by atoms with van der Waals surface area (Å²) >= 11 is 0. The smallest absolute Gasteiger partial charge is 0.203 e. The molecule has 1 heterocycles. The molecule has 1 aromatic heterocycles. The van der Waals surface area contributed by atoms with E-state index >= 15 is 0 Å². The number of nitrogens with zero attached hydrogens (tertiary/aromatic N) is 2. The highest BCUT2D eigenvalue weighted by Crippen LogP contribution is 2.28. The molecule has 3 nitrogen and oxygen atoms in total. The second-order valence-electron chi connectivity index (χ2n) is 5.67. The first kappa shape index (κ1) is 13.4. The van der Waals surface area contributed by atoms with Crippen molar-refractivity contribution in [3.63, 3.8) is 0 Å². The van der Waals surface area contributed by atoms with Gasteiger partial charge in [0, 0.05) is 18.8 Å². The number of aromatic nitrogens is 2. The van der Waals surface area contributed by atoms with Gasteiger partial charge in [0.05, 0.1) is 5.69 Å². The van der Waals surface area contributed by atoms with Gasteiger partial charge in [-0.3, -0.25) is 0 Å². The fraction of sp³-hybridized carbons (Fsp3) is 0.800. The summed E-state index contributed by atoms with van der Waals surface area (Å²) in [4.78, 5) is 4.61. The summed E-state index contributed by atoms with van der Waals surface area (Å²) in [6, 6.07) is 0.630. The maximum atomic E-state index is 4.61. The molecule has 0 aromatic carbocycles. The van der Waals surface area contributed by atoms with E-state index in [1.165, 1.54) is 32.1 Å². The molecule has 18 heavy (non-hydrogen) atoms. The summed E-state index contributed by atoms with van der Waals surface area (Å²) in [5, 5.41) is 3.65. The summed E-state index contributed by atoms with van der Waals surface area (Å²) in [5.74, 6) is 2.04. The standard InChI is InChI=1S/C15H27N3/c1-4-10-18-11-12(3)16-15(18)17-14-8-6-13(5-2)7-9-14/h11,13-14H,4-10H2,1-3H3,(H,16,17). The predicted octanol–water partition coefficient (Wildman–Crippen LogP) is 3.98. The predicted molar refractivity (Wildman–Crippen MR) is 76.9 cm³/mol. The largest absolute Gasteiger partial charge is 0.353 e. The first-order chi connectivity index (χ1) is 8.72. The monoisotopic (exact) mass is 249 g/mol. The number of nitrogens with one attached hydrogen (secondary N) is 1. The molecule has 0 amide bonds. The Morgan fingerprint density at radius 1 is 1.28 bits per heavy atom. The van der Waals surface area contributed by atoms with Crippen LogP contribution < -0.4 is 5.32 Å². The van der Waals surface area contributed by atoms with Crippen LogP contribution in [0, 0.1) is 12.8 Å². The van der Waals surface area contributed by atoms with Crippen molar-refractivity contribution >= 4 is 5.95 Å². The molecule has 1 aliphatic carbocycles. The molecule has 1 aliphatic rings. The summed E-state index contributed by atoms with van der Waals surface area (Å²) in [7, 11) is 0. The van der Waals surface area contributed by atoms with Crippen LogP contribution in [0.3, 0.4) is 0 Å². The third-order valence-electron chi connectivity index (χ3n) is 4.12. The second kappa shape index (κ2) is 6.26. The summed E-state index contributed by atoms with van der Waals surface area (Å²) in [6.45, 7) is 7.67. The minimum atomic E-state index is 0.630. The van der Waals surface area contributed by atoms with E-state index in [-0.39, 0.29) is 0 Å². The molecule has 0 spiro atoms. The van der Waals surface area contributed by atoms with Crippen LogP contribution in [-0.4, -0.2) is 15.6 Å². The minimum absolute atomic E-state index is 0.630. The molecule has 0 radical (unpaired) electrons. The summed E-state index contributed by atoms with van der Waals surface area (Å²) in [5.41, 5.74) is 1.12. The Morgan fingerprint density at radius 2 is 2.00 bits per heavy atom. The van der Waals surface area contributed by atoms with Crippen LogP contribution in [0.25, 0.3) is 0 Å². The first-order valence-electron chi connectivity index (χ1n) is 7.53. The SMILES string of the molecule is CCCn1cc(C)nc1NC1CCC(CC)CC1. The van der Waals surface area contributed by atoms with Crippen molar-refractivity contribution in [2.45, 2.75) is 71.9 Å². The highest BCUT2D eigenvalue weighted by atomic mass is 15.2. The van der Waals surface area contributed by atoms with E-state index < -0.39 is 0 Å². The molecule has 102 valence electrons. The van der Waals surface area contributed by atoms with Crippen molar-refractivity contribution in [1.82, 2.24) is 9.55 Å². The number of hydrogen-bond acceptors (Lipinski definition) is 2. The van der Waals surface area contributed by atoms with E-state index in [2.05, 4.69) is 41.8 Å². The number of anilines is 1. The maximum Gasteiger partial charge on any atom is 0.203 e. The number of hydrogen-bond donors (Lipinski definition) is 1. The average Bonchev–Trinajstić information content (AvgIpc) is 2.71. The van der Waals surface area contributed by atoms with Crippen molar-refractivity contribution in [3.8, 4) is 0 Å².